The number of hydrogen-bond acceptors (Lipinski definition) is 5. The summed E-state index contributed by atoms with van der Waals surface area (Å²) in [5.41, 5.74) is 6.88. The second kappa shape index (κ2) is 10.5. The zero-order chi connectivity index (χ0) is 25.2. The molecule has 2 aromatic heterocycles. The summed E-state index contributed by atoms with van der Waals surface area (Å²) in [7, 11) is 0. The van der Waals surface area contributed by atoms with E-state index in [9.17, 15) is 4.79 Å². The molecule has 0 spiro atoms. The van der Waals surface area contributed by atoms with E-state index in [0.29, 0.717) is 30.5 Å². The average molecular weight is 503 g/mol. The number of fused-ring (bicyclic) bond motifs is 3. The predicted molar refractivity (Wildman–Crippen MR) is 148 cm³/mol. The molecule has 0 amide bonds. The standard InChI is InChI=1S/C30H34N2O3S/c1-5-34-25-16-21(12-13-24(25)35-17-23-19(3)14-18(2)15-20(23)4)28-31-29(33)27-22-10-8-6-7-9-11-26(22)36-30(27)32-28/h12-16H,5-11,17H2,1-4H3,(H,31,32,33). The third-order valence-corrected chi connectivity index (χ3v) is 8.24. The third kappa shape index (κ3) is 4.92. The van der Waals surface area contributed by atoms with Gasteiger partial charge < -0.3 is 14.5 Å². The topological polar surface area (TPSA) is 64.2 Å². The SMILES string of the molecule is CCOc1cc(-c2nc3sc4c(c3c(=O)[nH]2)CCCCCC4)ccc1OCc1c(C)cc(C)cc1C. The molecule has 0 unspecified atom stereocenters. The lowest BCUT2D eigenvalue weighted by Gasteiger charge is -2.16. The van der Waals surface area contributed by atoms with Crippen molar-refractivity contribution in [1.29, 1.82) is 0 Å². The highest BCUT2D eigenvalue weighted by atomic mass is 32.1. The number of aryl methyl sites for hydroxylation is 5. The van der Waals surface area contributed by atoms with Crippen LogP contribution in [0.5, 0.6) is 11.5 Å². The second-order valence-corrected chi connectivity index (χ2v) is 10.9. The smallest absolute Gasteiger partial charge is 0.260 e. The van der Waals surface area contributed by atoms with E-state index < -0.39 is 0 Å². The molecule has 0 atom stereocenters. The quantitative estimate of drug-likeness (QED) is 0.302. The van der Waals surface area contributed by atoms with Gasteiger partial charge in [-0.15, -0.1) is 11.3 Å². The van der Waals surface area contributed by atoms with Crippen molar-refractivity contribution in [2.45, 2.75) is 72.8 Å². The minimum absolute atomic E-state index is 0.0447. The molecule has 5 rings (SSSR count). The van der Waals surface area contributed by atoms with Gasteiger partial charge in [-0.25, -0.2) is 4.98 Å². The number of aromatic amines is 1. The van der Waals surface area contributed by atoms with E-state index in [0.717, 1.165) is 35.0 Å². The number of ether oxygens (including phenoxy) is 2. The van der Waals surface area contributed by atoms with E-state index in [-0.39, 0.29) is 5.56 Å². The highest BCUT2D eigenvalue weighted by molar-refractivity contribution is 7.18. The Morgan fingerprint density at radius 2 is 1.69 bits per heavy atom. The molecule has 1 N–H and O–H groups in total. The zero-order valence-electron chi connectivity index (χ0n) is 21.6. The molecule has 0 radical (unpaired) electrons. The summed E-state index contributed by atoms with van der Waals surface area (Å²) in [4.78, 5) is 23.3. The maximum atomic E-state index is 13.2. The van der Waals surface area contributed by atoms with Crippen molar-refractivity contribution in [3.05, 3.63) is 73.4 Å². The van der Waals surface area contributed by atoms with Gasteiger partial charge in [0.15, 0.2) is 11.5 Å². The summed E-state index contributed by atoms with van der Waals surface area (Å²) >= 11 is 1.69. The van der Waals surface area contributed by atoms with Gasteiger partial charge in [0.2, 0.25) is 0 Å². The van der Waals surface area contributed by atoms with E-state index in [4.69, 9.17) is 14.5 Å². The van der Waals surface area contributed by atoms with Gasteiger partial charge in [0.25, 0.3) is 5.56 Å². The summed E-state index contributed by atoms with van der Waals surface area (Å²) in [6, 6.07) is 10.1. The van der Waals surface area contributed by atoms with E-state index in [1.807, 2.05) is 25.1 Å². The first-order valence-corrected chi connectivity index (χ1v) is 13.8. The maximum Gasteiger partial charge on any atom is 0.260 e. The summed E-state index contributed by atoms with van der Waals surface area (Å²) in [5.74, 6) is 1.90. The van der Waals surface area contributed by atoms with Gasteiger partial charge >= 0.3 is 0 Å². The van der Waals surface area contributed by atoms with E-state index in [1.54, 1.807) is 11.3 Å². The van der Waals surface area contributed by atoms with Crippen LogP contribution in [0.1, 0.15) is 65.3 Å². The van der Waals surface area contributed by atoms with Gasteiger partial charge in [0, 0.05) is 10.4 Å². The summed E-state index contributed by atoms with van der Waals surface area (Å²) in [5, 5.41) is 0.787. The van der Waals surface area contributed by atoms with Crippen LogP contribution in [0.3, 0.4) is 0 Å². The van der Waals surface area contributed by atoms with Crippen LogP contribution in [0.4, 0.5) is 0 Å². The first-order valence-electron chi connectivity index (χ1n) is 13.0. The van der Waals surface area contributed by atoms with Crippen LogP contribution in [0, 0.1) is 20.8 Å². The zero-order valence-corrected chi connectivity index (χ0v) is 22.4. The third-order valence-electron chi connectivity index (χ3n) is 7.05. The van der Waals surface area contributed by atoms with E-state index in [1.165, 1.54) is 52.0 Å². The molecule has 0 saturated heterocycles. The van der Waals surface area contributed by atoms with Gasteiger partial charge in [0.05, 0.1) is 12.0 Å². The Morgan fingerprint density at radius 1 is 0.944 bits per heavy atom. The minimum atomic E-state index is -0.0447. The molecule has 0 saturated carbocycles. The molecule has 0 aliphatic heterocycles. The lowest BCUT2D eigenvalue weighted by Crippen LogP contribution is -2.10. The Labute approximate surface area is 216 Å². The molecule has 5 nitrogen and oxygen atoms in total. The van der Waals surface area contributed by atoms with Gasteiger partial charge in [-0.3, -0.25) is 4.79 Å². The van der Waals surface area contributed by atoms with Crippen molar-refractivity contribution in [2.75, 3.05) is 6.61 Å². The highest BCUT2D eigenvalue weighted by Crippen LogP contribution is 2.36. The predicted octanol–water partition coefficient (Wildman–Crippen LogP) is 7.21. The van der Waals surface area contributed by atoms with E-state index >= 15 is 0 Å². The fraction of sp³-hybridized carbons (Fsp3) is 0.400. The van der Waals surface area contributed by atoms with Crippen LogP contribution in [0.25, 0.3) is 21.6 Å². The van der Waals surface area contributed by atoms with Gasteiger partial charge in [-0.1, -0.05) is 30.5 Å². The molecular weight excluding hydrogens is 468 g/mol. The monoisotopic (exact) mass is 502 g/mol. The van der Waals surface area contributed by atoms with Crippen molar-refractivity contribution in [2.24, 2.45) is 0 Å². The van der Waals surface area contributed by atoms with Crippen LogP contribution in [0.2, 0.25) is 0 Å². The van der Waals surface area contributed by atoms with E-state index in [2.05, 4.69) is 37.9 Å². The average Bonchev–Trinajstić information content (AvgIpc) is 3.16. The largest absolute Gasteiger partial charge is 0.490 e. The highest BCUT2D eigenvalue weighted by Gasteiger charge is 2.19. The Morgan fingerprint density at radius 3 is 2.44 bits per heavy atom. The lowest BCUT2D eigenvalue weighted by atomic mass is 9.98. The normalized spacial score (nSPS) is 13.8. The first kappa shape index (κ1) is 24.6. The van der Waals surface area contributed by atoms with Gasteiger partial charge in [0.1, 0.15) is 17.3 Å². The van der Waals surface area contributed by atoms with Crippen LogP contribution in [-0.2, 0) is 19.4 Å². The summed E-state index contributed by atoms with van der Waals surface area (Å²) in [6.07, 6.45) is 6.84. The van der Waals surface area contributed by atoms with Crippen LogP contribution in [0.15, 0.2) is 35.1 Å². The van der Waals surface area contributed by atoms with Gasteiger partial charge in [-0.05, 0) is 93.8 Å². The number of aromatic nitrogens is 2. The molecule has 6 heteroatoms. The number of nitrogens with zero attached hydrogens (tertiary/aromatic N) is 1. The van der Waals surface area contributed by atoms with Crippen molar-refractivity contribution < 1.29 is 9.47 Å². The lowest BCUT2D eigenvalue weighted by molar-refractivity contribution is 0.268. The van der Waals surface area contributed by atoms with Crippen molar-refractivity contribution in [3.63, 3.8) is 0 Å². The van der Waals surface area contributed by atoms with Crippen molar-refractivity contribution in [1.82, 2.24) is 9.97 Å². The minimum Gasteiger partial charge on any atom is -0.490 e. The molecule has 2 aromatic carbocycles. The molecule has 4 aromatic rings. The summed E-state index contributed by atoms with van der Waals surface area (Å²) < 4.78 is 12.2. The molecule has 1 aliphatic rings. The Bertz CT molecular complexity index is 1440. The molecule has 36 heavy (non-hydrogen) atoms. The molecule has 2 heterocycles. The first-order chi connectivity index (χ1) is 17.4. The fourth-order valence-corrected chi connectivity index (χ4v) is 6.55. The number of H-pyrrole nitrogens is 1. The number of benzene rings is 2. The summed E-state index contributed by atoms with van der Waals surface area (Å²) in [6.45, 7) is 9.30. The molecule has 0 bridgehead atoms. The van der Waals surface area contributed by atoms with Crippen molar-refractivity contribution >= 4 is 21.6 Å². The number of thiophene rings is 1. The number of nitrogens with one attached hydrogen (secondary N) is 1. The maximum absolute atomic E-state index is 13.2. The number of hydrogen-bond donors (Lipinski definition) is 1. The van der Waals surface area contributed by atoms with Crippen LogP contribution < -0.4 is 15.0 Å². The molecular formula is C30H34N2O3S. The Kier molecular flexibility index (Phi) is 7.15. The van der Waals surface area contributed by atoms with Crippen molar-refractivity contribution in [3.8, 4) is 22.9 Å². The Hall–Kier alpha value is -3.12. The molecule has 0 fully saturated rings. The van der Waals surface area contributed by atoms with Crippen LogP contribution >= 0.6 is 11.3 Å². The molecule has 1 aliphatic carbocycles. The number of rotatable bonds is 6. The second-order valence-electron chi connectivity index (χ2n) is 9.77. The Balaban J connectivity index is 1.47. The molecule has 188 valence electrons. The van der Waals surface area contributed by atoms with Gasteiger partial charge in [-0.2, -0.15) is 0 Å². The fourth-order valence-electron chi connectivity index (χ4n) is 5.28. The van der Waals surface area contributed by atoms with Crippen LogP contribution in [-0.4, -0.2) is 16.6 Å².